The summed E-state index contributed by atoms with van der Waals surface area (Å²) in [4.78, 5) is 12.0. The van der Waals surface area contributed by atoms with Crippen molar-refractivity contribution in [1.29, 1.82) is 0 Å². The molecule has 1 unspecified atom stereocenters. The topological polar surface area (TPSA) is 26.3 Å². The molecular formula is C17H28O2. The van der Waals surface area contributed by atoms with E-state index in [0.717, 1.165) is 19.3 Å². The predicted molar refractivity (Wildman–Crippen MR) is 80.7 cm³/mol. The first kappa shape index (κ1) is 17.8. The molecule has 2 heteroatoms. The third-order valence-electron chi connectivity index (χ3n) is 3.09. The van der Waals surface area contributed by atoms with E-state index in [-0.39, 0.29) is 5.97 Å². The van der Waals surface area contributed by atoms with Gasteiger partial charge in [0.15, 0.2) is 0 Å². The van der Waals surface area contributed by atoms with Crippen LogP contribution < -0.4 is 0 Å². The smallest absolute Gasteiger partial charge is 0.323 e. The first-order valence-corrected chi connectivity index (χ1v) is 7.38. The van der Waals surface area contributed by atoms with Crippen LogP contribution in [0.5, 0.6) is 0 Å². The van der Waals surface area contributed by atoms with Crippen molar-refractivity contribution in [2.75, 3.05) is 6.61 Å². The average Bonchev–Trinajstić information content (AvgIpc) is 2.40. The van der Waals surface area contributed by atoms with Crippen molar-refractivity contribution >= 4 is 5.97 Å². The lowest BCUT2D eigenvalue weighted by atomic mass is 9.86. The van der Waals surface area contributed by atoms with Gasteiger partial charge in [-0.15, -0.1) is 12.5 Å². The monoisotopic (exact) mass is 264 g/mol. The fourth-order valence-corrected chi connectivity index (χ4v) is 1.79. The van der Waals surface area contributed by atoms with Crippen molar-refractivity contribution in [1.82, 2.24) is 0 Å². The molecule has 0 aliphatic carbocycles. The molecule has 0 aliphatic heterocycles. The second-order valence-electron chi connectivity index (χ2n) is 4.99. The molecule has 0 aliphatic rings. The van der Waals surface area contributed by atoms with Crippen molar-refractivity contribution < 1.29 is 9.53 Å². The van der Waals surface area contributed by atoms with E-state index in [1.807, 2.05) is 19.9 Å². The Balaban J connectivity index is 4.44. The molecule has 0 saturated carbocycles. The third-order valence-corrected chi connectivity index (χ3v) is 3.09. The number of hydrogen-bond acceptors (Lipinski definition) is 2. The zero-order valence-electron chi connectivity index (χ0n) is 12.8. The Morgan fingerprint density at radius 1 is 1.32 bits per heavy atom. The molecule has 0 fully saturated rings. The number of hydrogen-bond donors (Lipinski definition) is 0. The van der Waals surface area contributed by atoms with Crippen molar-refractivity contribution in [2.45, 2.75) is 65.7 Å². The van der Waals surface area contributed by atoms with Crippen molar-refractivity contribution in [3.05, 3.63) is 12.7 Å². The van der Waals surface area contributed by atoms with Crippen LogP contribution in [0.1, 0.15) is 65.7 Å². The molecule has 0 heterocycles. The van der Waals surface area contributed by atoms with Crippen LogP contribution in [0.3, 0.4) is 0 Å². The van der Waals surface area contributed by atoms with E-state index in [0.29, 0.717) is 13.0 Å². The van der Waals surface area contributed by atoms with E-state index in [2.05, 4.69) is 25.3 Å². The van der Waals surface area contributed by atoms with Gasteiger partial charge in [-0.2, -0.15) is 0 Å². The Kier molecular flexibility index (Phi) is 9.98. The van der Waals surface area contributed by atoms with E-state index in [9.17, 15) is 4.79 Å². The molecule has 0 N–H and O–H groups in total. The van der Waals surface area contributed by atoms with Gasteiger partial charge >= 0.3 is 5.97 Å². The summed E-state index contributed by atoms with van der Waals surface area (Å²) in [5.74, 6) is 6.06. The van der Waals surface area contributed by atoms with Gasteiger partial charge in [0.1, 0.15) is 5.41 Å². The number of esters is 1. The van der Waals surface area contributed by atoms with E-state index in [4.69, 9.17) is 4.74 Å². The summed E-state index contributed by atoms with van der Waals surface area (Å²) in [6, 6.07) is 0. The third kappa shape index (κ3) is 7.72. The van der Waals surface area contributed by atoms with Crippen LogP contribution in [-0.4, -0.2) is 12.6 Å². The summed E-state index contributed by atoms with van der Waals surface area (Å²) in [5.41, 5.74) is -0.686. The standard InChI is InChI=1S/C17H28O2/c1-5-8-10-11-12-13-15-17(4,14-9-6-2)16(18)19-7-3/h6H,2,5,7-12,14H2,1,3-4H3. The summed E-state index contributed by atoms with van der Waals surface area (Å²) in [5, 5.41) is 0. The molecule has 0 aromatic carbocycles. The molecule has 0 aromatic heterocycles. The summed E-state index contributed by atoms with van der Waals surface area (Å²) in [6.07, 6.45) is 8.95. The molecular weight excluding hydrogens is 236 g/mol. The lowest BCUT2D eigenvalue weighted by molar-refractivity contribution is -0.151. The molecule has 0 aromatic rings. The zero-order chi connectivity index (χ0) is 14.6. The van der Waals surface area contributed by atoms with Crippen LogP contribution in [0, 0.1) is 17.3 Å². The van der Waals surface area contributed by atoms with Crippen LogP contribution in [0.15, 0.2) is 12.7 Å². The van der Waals surface area contributed by atoms with Crippen LogP contribution in [0.2, 0.25) is 0 Å². The lowest BCUT2D eigenvalue weighted by Gasteiger charge is -2.20. The van der Waals surface area contributed by atoms with Crippen molar-refractivity contribution in [3.63, 3.8) is 0 Å². The maximum atomic E-state index is 12.0. The van der Waals surface area contributed by atoms with Crippen LogP contribution in [-0.2, 0) is 9.53 Å². The average molecular weight is 264 g/mol. The summed E-state index contributed by atoms with van der Waals surface area (Å²) in [6.45, 7) is 9.99. The number of carbonyl (C=O) groups excluding carboxylic acids is 1. The maximum absolute atomic E-state index is 12.0. The molecule has 1 atom stereocenters. The number of unbranched alkanes of at least 4 members (excludes halogenated alkanes) is 4. The number of carbonyl (C=O) groups is 1. The summed E-state index contributed by atoms with van der Waals surface area (Å²) < 4.78 is 5.12. The summed E-state index contributed by atoms with van der Waals surface area (Å²) >= 11 is 0. The van der Waals surface area contributed by atoms with Gasteiger partial charge in [-0.1, -0.05) is 38.2 Å². The van der Waals surface area contributed by atoms with Crippen molar-refractivity contribution in [3.8, 4) is 11.8 Å². The van der Waals surface area contributed by atoms with E-state index in [1.165, 1.54) is 19.3 Å². The number of ether oxygens (including phenoxy) is 1. The van der Waals surface area contributed by atoms with Gasteiger partial charge in [-0.25, -0.2) is 0 Å². The molecule has 108 valence electrons. The van der Waals surface area contributed by atoms with Crippen molar-refractivity contribution in [2.24, 2.45) is 5.41 Å². The fourth-order valence-electron chi connectivity index (χ4n) is 1.79. The highest BCUT2D eigenvalue weighted by Gasteiger charge is 2.31. The SMILES string of the molecule is C=CCCC(C)(C#CCCCCCC)C(=O)OCC. The van der Waals surface area contributed by atoms with Gasteiger partial charge in [0.2, 0.25) is 0 Å². The first-order chi connectivity index (χ1) is 9.10. The van der Waals surface area contributed by atoms with E-state index < -0.39 is 5.41 Å². The number of rotatable bonds is 9. The highest BCUT2D eigenvalue weighted by Crippen LogP contribution is 2.24. The Hall–Kier alpha value is -1.23. The second-order valence-corrected chi connectivity index (χ2v) is 4.99. The Morgan fingerprint density at radius 3 is 2.63 bits per heavy atom. The Bertz CT molecular complexity index is 322. The molecule has 0 spiro atoms. The number of allylic oxidation sites excluding steroid dienone is 1. The minimum Gasteiger partial charge on any atom is -0.465 e. The maximum Gasteiger partial charge on any atom is 0.323 e. The quantitative estimate of drug-likeness (QED) is 0.265. The minimum absolute atomic E-state index is 0.210. The Morgan fingerprint density at radius 2 is 2.05 bits per heavy atom. The zero-order valence-corrected chi connectivity index (χ0v) is 12.8. The molecule has 0 amide bonds. The summed E-state index contributed by atoms with van der Waals surface area (Å²) in [7, 11) is 0. The van der Waals surface area contributed by atoms with Gasteiger partial charge in [0, 0.05) is 6.42 Å². The highest BCUT2D eigenvalue weighted by molar-refractivity contribution is 5.80. The second kappa shape index (κ2) is 10.7. The van der Waals surface area contributed by atoms with Gasteiger partial charge in [0.25, 0.3) is 0 Å². The minimum atomic E-state index is -0.686. The molecule has 0 bridgehead atoms. The fraction of sp³-hybridized carbons (Fsp3) is 0.706. The van der Waals surface area contributed by atoms with E-state index >= 15 is 0 Å². The van der Waals surface area contributed by atoms with Gasteiger partial charge in [-0.05, 0) is 33.1 Å². The lowest BCUT2D eigenvalue weighted by Crippen LogP contribution is -2.28. The van der Waals surface area contributed by atoms with Gasteiger partial charge in [-0.3, -0.25) is 4.79 Å². The van der Waals surface area contributed by atoms with E-state index in [1.54, 1.807) is 0 Å². The molecule has 0 saturated heterocycles. The normalized spacial score (nSPS) is 13.0. The molecule has 2 nitrogen and oxygen atoms in total. The van der Waals surface area contributed by atoms with Crippen LogP contribution in [0.4, 0.5) is 0 Å². The van der Waals surface area contributed by atoms with Gasteiger partial charge < -0.3 is 4.74 Å². The highest BCUT2D eigenvalue weighted by atomic mass is 16.5. The van der Waals surface area contributed by atoms with Gasteiger partial charge in [0.05, 0.1) is 6.61 Å². The largest absolute Gasteiger partial charge is 0.465 e. The molecule has 0 rings (SSSR count). The predicted octanol–water partition coefficient (Wildman–Crippen LogP) is 4.50. The first-order valence-electron chi connectivity index (χ1n) is 7.38. The molecule has 19 heavy (non-hydrogen) atoms. The van der Waals surface area contributed by atoms with Crippen LogP contribution in [0.25, 0.3) is 0 Å². The van der Waals surface area contributed by atoms with Crippen LogP contribution >= 0.6 is 0 Å². The molecule has 0 radical (unpaired) electrons. The Labute approximate surface area is 118 Å².